The van der Waals surface area contributed by atoms with E-state index in [1.807, 2.05) is 38.1 Å². The molecule has 181 valence electrons. The van der Waals surface area contributed by atoms with Crippen LogP contribution in [0, 0.1) is 0 Å². The number of phenols is 4. The molecule has 1 radical (unpaired) electrons. The average molecular weight is 513 g/mol. The van der Waals surface area contributed by atoms with Crippen LogP contribution in [-0.4, -0.2) is 31.8 Å². The molecule has 0 heterocycles. The van der Waals surface area contributed by atoms with E-state index in [1.165, 1.54) is 0 Å². The maximum absolute atomic E-state index is 9.68. The zero-order valence-electron chi connectivity index (χ0n) is 19.3. The van der Waals surface area contributed by atoms with Crippen molar-refractivity contribution in [2.45, 2.75) is 13.8 Å². The second-order valence-electron chi connectivity index (χ2n) is 7.46. The Balaban J connectivity index is 0.000000240. The van der Waals surface area contributed by atoms with Crippen molar-refractivity contribution < 1.29 is 37.2 Å². The molecule has 0 spiro atoms. The third-order valence-electron chi connectivity index (χ3n) is 4.88. The first-order valence-corrected chi connectivity index (χ1v) is 10.6. The number of para-hydroxylation sites is 2. The predicted octanol–water partition coefficient (Wildman–Crippen LogP) is 6.47. The largest absolute Gasteiger partial charge is 0.508 e. The summed E-state index contributed by atoms with van der Waals surface area (Å²) in [6.45, 7) is 3.67. The van der Waals surface area contributed by atoms with Gasteiger partial charge < -0.3 is 20.4 Å². The summed E-state index contributed by atoms with van der Waals surface area (Å²) in [5, 5.41) is 37.7. The Bertz CT molecular complexity index is 1200. The summed E-state index contributed by atoms with van der Waals surface area (Å²) >= 11 is 0. The molecule has 6 nitrogen and oxygen atoms in total. The molecule has 0 aromatic heterocycles. The molecule has 4 rings (SSSR count). The molecule has 35 heavy (non-hydrogen) atoms. The van der Waals surface area contributed by atoms with Gasteiger partial charge in [0.2, 0.25) is 0 Å². The summed E-state index contributed by atoms with van der Waals surface area (Å²) in [4.78, 5) is 8.75. The fraction of sp³-hybridized carbons (Fsp3) is 0.0714. The van der Waals surface area contributed by atoms with Gasteiger partial charge in [-0.1, -0.05) is 24.3 Å². The zero-order valence-corrected chi connectivity index (χ0v) is 20.3. The minimum atomic E-state index is 0. The van der Waals surface area contributed by atoms with Gasteiger partial charge in [0.05, 0.1) is 11.4 Å². The van der Waals surface area contributed by atoms with Gasteiger partial charge in [0, 0.05) is 39.3 Å². The van der Waals surface area contributed by atoms with Gasteiger partial charge in [-0.05, 0) is 86.6 Å². The first kappa shape index (κ1) is 27.2. The summed E-state index contributed by atoms with van der Waals surface area (Å²) in [7, 11) is 0. The first-order valence-electron chi connectivity index (χ1n) is 10.6. The van der Waals surface area contributed by atoms with Crippen molar-refractivity contribution in [3.63, 3.8) is 0 Å². The smallest absolute Gasteiger partial charge is 0.124 e. The fourth-order valence-electron chi connectivity index (χ4n) is 3.12. The zero-order chi connectivity index (χ0) is 24.5. The van der Waals surface area contributed by atoms with E-state index < -0.39 is 0 Å². The topological polar surface area (TPSA) is 106 Å². The molecule has 0 aliphatic rings. The Kier molecular flexibility index (Phi) is 10.1. The van der Waals surface area contributed by atoms with Gasteiger partial charge in [-0.15, -0.1) is 0 Å². The van der Waals surface area contributed by atoms with E-state index >= 15 is 0 Å². The van der Waals surface area contributed by atoms with E-state index in [9.17, 15) is 10.2 Å². The first-order chi connectivity index (χ1) is 16.3. The van der Waals surface area contributed by atoms with Crippen LogP contribution in [0.5, 0.6) is 23.0 Å². The van der Waals surface area contributed by atoms with Crippen molar-refractivity contribution in [1.29, 1.82) is 0 Å². The molecule has 4 aromatic rings. The molecule has 0 saturated heterocycles. The van der Waals surface area contributed by atoms with E-state index in [1.54, 1.807) is 72.8 Å². The number of hydrogen-bond acceptors (Lipinski definition) is 6. The van der Waals surface area contributed by atoms with E-state index in [4.69, 9.17) is 10.2 Å². The quantitative estimate of drug-likeness (QED) is 0.235. The van der Waals surface area contributed by atoms with Crippen LogP contribution in [0.2, 0.25) is 0 Å². The van der Waals surface area contributed by atoms with Crippen LogP contribution in [0.3, 0.4) is 0 Å². The summed E-state index contributed by atoms with van der Waals surface area (Å²) in [5.41, 5.74) is 4.36. The molecule has 0 bridgehead atoms. The molecule has 0 aliphatic carbocycles. The number of phenolic OH excluding ortho intramolecular Hbond substituents is 4. The molecule has 0 saturated carbocycles. The molecule has 0 unspecified atom stereocenters. The fourth-order valence-corrected chi connectivity index (χ4v) is 3.12. The van der Waals surface area contributed by atoms with Crippen LogP contribution in [0.1, 0.15) is 25.0 Å². The van der Waals surface area contributed by atoms with Gasteiger partial charge in [-0.25, -0.2) is 0 Å². The minimum absolute atomic E-state index is 0. The summed E-state index contributed by atoms with van der Waals surface area (Å²) in [5.74, 6) is 0.855. The van der Waals surface area contributed by atoms with Crippen LogP contribution in [0.25, 0.3) is 0 Å². The predicted molar refractivity (Wildman–Crippen MR) is 136 cm³/mol. The molecule has 0 amide bonds. The summed E-state index contributed by atoms with van der Waals surface area (Å²) < 4.78 is 0. The van der Waals surface area contributed by atoms with Gasteiger partial charge in [0.1, 0.15) is 23.0 Å². The number of nitrogens with zero attached hydrogens (tertiary/aromatic N) is 2. The average Bonchev–Trinajstić information content (AvgIpc) is 2.83. The Hall–Kier alpha value is -4.07. The van der Waals surface area contributed by atoms with E-state index in [2.05, 4.69) is 9.98 Å². The summed E-state index contributed by atoms with van der Waals surface area (Å²) in [6.07, 6.45) is 0. The molecule has 0 atom stereocenters. The Morgan fingerprint density at radius 1 is 0.486 bits per heavy atom. The maximum atomic E-state index is 9.68. The monoisotopic (exact) mass is 513 g/mol. The van der Waals surface area contributed by atoms with Crippen molar-refractivity contribution in [3.8, 4) is 23.0 Å². The van der Waals surface area contributed by atoms with Crippen molar-refractivity contribution in [1.82, 2.24) is 0 Å². The number of aromatic hydroxyl groups is 4. The SMILES string of the molecule is CC(=Nc1ccc(O)cc1)c1ccccc1O.CC(=Nc1ccc(O)cc1)c1ccccc1O.[Co]. The summed E-state index contributed by atoms with van der Waals surface area (Å²) in [6, 6.07) is 27.3. The van der Waals surface area contributed by atoms with Gasteiger partial charge in [0.15, 0.2) is 0 Å². The molecule has 0 aliphatic heterocycles. The maximum Gasteiger partial charge on any atom is 0.124 e. The number of rotatable bonds is 4. The second-order valence-corrected chi connectivity index (χ2v) is 7.46. The van der Waals surface area contributed by atoms with E-state index in [0.717, 1.165) is 22.8 Å². The third-order valence-corrected chi connectivity index (χ3v) is 4.88. The Morgan fingerprint density at radius 2 is 0.800 bits per heavy atom. The molecule has 4 aromatic carbocycles. The van der Waals surface area contributed by atoms with E-state index in [0.29, 0.717) is 11.1 Å². The van der Waals surface area contributed by atoms with Crippen LogP contribution < -0.4 is 0 Å². The minimum Gasteiger partial charge on any atom is -0.508 e. The standard InChI is InChI=1S/2C14H13NO2.Co/c2*1-10(13-4-2-3-5-14(13)17)15-11-6-8-12(16)9-7-11;/h2*2-9,16-17H,1H3;. The van der Waals surface area contributed by atoms with Gasteiger partial charge >= 0.3 is 0 Å². The Morgan fingerprint density at radius 3 is 1.11 bits per heavy atom. The van der Waals surface area contributed by atoms with Crippen LogP contribution in [0.4, 0.5) is 11.4 Å². The molecule has 4 N–H and O–H groups in total. The van der Waals surface area contributed by atoms with Gasteiger partial charge in [-0.3, -0.25) is 9.98 Å². The van der Waals surface area contributed by atoms with E-state index in [-0.39, 0.29) is 39.8 Å². The molecular weight excluding hydrogens is 487 g/mol. The molecular formula is C28H26CoN2O4. The van der Waals surface area contributed by atoms with Gasteiger partial charge in [0.25, 0.3) is 0 Å². The number of aliphatic imine (C=N–C) groups is 2. The molecule has 7 heteroatoms. The van der Waals surface area contributed by atoms with Crippen molar-refractivity contribution in [3.05, 3.63) is 108 Å². The third kappa shape index (κ3) is 8.03. The number of benzene rings is 4. The van der Waals surface area contributed by atoms with Crippen LogP contribution in [-0.2, 0) is 16.8 Å². The van der Waals surface area contributed by atoms with Crippen molar-refractivity contribution in [2.75, 3.05) is 0 Å². The second kappa shape index (κ2) is 13.0. The number of hydrogen-bond donors (Lipinski definition) is 4. The normalized spacial score (nSPS) is 11.1. The van der Waals surface area contributed by atoms with Crippen LogP contribution in [0.15, 0.2) is 107 Å². The van der Waals surface area contributed by atoms with Gasteiger partial charge in [-0.2, -0.15) is 0 Å². The molecule has 0 fully saturated rings. The van der Waals surface area contributed by atoms with Crippen molar-refractivity contribution in [2.24, 2.45) is 9.98 Å². The Labute approximate surface area is 214 Å². The van der Waals surface area contributed by atoms with Crippen LogP contribution >= 0.6 is 0 Å². The van der Waals surface area contributed by atoms with Crippen molar-refractivity contribution >= 4 is 22.8 Å².